The van der Waals surface area contributed by atoms with Crippen molar-refractivity contribution in [3.05, 3.63) is 0 Å². The van der Waals surface area contributed by atoms with Crippen LogP contribution < -0.4 is 5.32 Å². The fourth-order valence-electron chi connectivity index (χ4n) is 2.36. The molecule has 102 valence electrons. The highest BCUT2D eigenvalue weighted by Crippen LogP contribution is 2.32. The van der Waals surface area contributed by atoms with Gasteiger partial charge in [-0.1, -0.05) is 6.92 Å². The van der Waals surface area contributed by atoms with Gasteiger partial charge in [0.05, 0.1) is 12.0 Å². The second-order valence-corrected chi connectivity index (χ2v) is 5.32. The van der Waals surface area contributed by atoms with E-state index in [0.29, 0.717) is 38.4 Å². The number of rotatable bonds is 6. The van der Waals surface area contributed by atoms with E-state index < -0.39 is 0 Å². The van der Waals surface area contributed by atoms with Crippen LogP contribution in [0.1, 0.15) is 39.0 Å². The van der Waals surface area contributed by atoms with Crippen molar-refractivity contribution in [3.63, 3.8) is 0 Å². The molecule has 2 fully saturated rings. The van der Waals surface area contributed by atoms with Gasteiger partial charge in [-0.25, -0.2) is 0 Å². The molecule has 5 heteroatoms. The van der Waals surface area contributed by atoms with E-state index in [1.54, 1.807) is 0 Å². The fraction of sp³-hybridized carbons (Fsp3) is 0.846. The second-order valence-electron chi connectivity index (χ2n) is 5.32. The molecule has 2 amide bonds. The van der Waals surface area contributed by atoms with Crippen LogP contribution in [0.25, 0.3) is 0 Å². The summed E-state index contributed by atoms with van der Waals surface area (Å²) in [4.78, 5) is 25.4. The minimum atomic E-state index is -0.349. The SMILES string of the molecule is CCC(O)CCNC(=O)C1CC(=O)N(C2CC2)C1. The van der Waals surface area contributed by atoms with E-state index in [9.17, 15) is 14.7 Å². The third-order valence-electron chi connectivity index (χ3n) is 3.76. The molecule has 1 heterocycles. The van der Waals surface area contributed by atoms with Crippen LogP contribution in [0.2, 0.25) is 0 Å². The number of carbonyl (C=O) groups is 2. The van der Waals surface area contributed by atoms with Gasteiger partial charge in [-0.3, -0.25) is 9.59 Å². The first-order chi connectivity index (χ1) is 8.61. The number of hydrogen-bond donors (Lipinski definition) is 2. The summed E-state index contributed by atoms with van der Waals surface area (Å²) in [6.07, 6.45) is 3.45. The normalized spacial score (nSPS) is 25.3. The summed E-state index contributed by atoms with van der Waals surface area (Å²) in [6, 6.07) is 0.400. The van der Waals surface area contributed by atoms with Gasteiger partial charge < -0.3 is 15.3 Å². The minimum Gasteiger partial charge on any atom is -0.393 e. The van der Waals surface area contributed by atoms with Crippen LogP contribution in [0.4, 0.5) is 0 Å². The Balaban J connectivity index is 1.71. The van der Waals surface area contributed by atoms with Gasteiger partial charge >= 0.3 is 0 Å². The standard InChI is InChI=1S/C13H22N2O3/c1-2-11(16)5-6-14-13(18)9-7-12(17)15(8-9)10-3-4-10/h9-11,16H,2-8H2,1H3,(H,14,18). The smallest absolute Gasteiger partial charge is 0.225 e. The van der Waals surface area contributed by atoms with Gasteiger partial charge in [-0.2, -0.15) is 0 Å². The zero-order chi connectivity index (χ0) is 13.1. The molecular weight excluding hydrogens is 232 g/mol. The van der Waals surface area contributed by atoms with Crippen molar-refractivity contribution < 1.29 is 14.7 Å². The molecule has 2 atom stereocenters. The van der Waals surface area contributed by atoms with E-state index in [-0.39, 0.29) is 23.8 Å². The molecule has 2 aliphatic rings. The number of aliphatic hydroxyl groups excluding tert-OH is 1. The van der Waals surface area contributed by atoms with Crippen molar-refractivity contribution in [3.8, 4) is 0 Å². The van der Waals surface area contributed by atoms with Crippen LogP contribution in [-0.4, -0.2) is 47.1 Å². The monoisotopic (exact) mass is 254 g/mol. The van der Waals surface area contributed by atoms with E-state index in [2.05, 4.69) is 5.32 Å². The summed E-state index contributed by atoms with van der Waals surface area (Å²) in [6.45, 7) is 2.98. The molecule has 0 aromatic carbocycles. The Labute approximate surface area is 108 Å². The number of amides is 2. The zero-order valence-corrected chi connectivity index (χ0v) is 10.9. The highest BCUT2D eigenvalue weighted by molar-refractivity contribution is 5.89. The molecule has 1 aliphatic carbocycles. The Kier molecular flexibility index (Phi) is 4.22. The molecule has 1 saturated heterocycles. The molecule has 0 aromatic heterocycles. The summed E-state index contributed by atoms with van der Waals surface area (Å²) in [5.41, 5.74) is 0. The van der Waals surface area contributed by atoms with E-state index in [1.807, 2.05) is 11.8 Å². The van der Waals surface area contributed by atoms with E-state index in [1.165, 1.54) is 0 Å². The van der Waals surface area contributed by atoms with Crippen molar-refractivity contribution >= 4 is 11.8 Å². The van der Waals surface area contributed by atoms with E-state index >= 15 is 0 Å². The van der Waals surface area contributed by atoms with Gasteiger partial charge in [-0.15, -0.1) is 0 Å². The van der Waals surface area contributed by atoms with Crippen molar-refractivity contribution in [2.75, 3.05) is 13.1 Å². The van der Waals surface area contributed by atoms with Gasteiger partial charge in [0.25, 0.3) is 0 Å². The zero-order valence-electron chi connectivity index (χ0n) is 10.9. The van der Waals surface area contributed by atoms with Crippen LogP contribution >= 0.6 is 0 Å². The van der Waals surface area contributed by atoms with Crippen LogP contribution in [-0.2, 0) is 9.59 Å². The predicted molar refractivity (Wildman–Crippen MR) is 66.8 cm³/mol. The average molecular weight is 254 g/mol. The quantitative estimate of drug-likeness (QED) is 0.715. The first-order valence-electron chi connectivity index (χ1n) is 6.87. The Morgan fingerprint density at radius 1 is 1.56 bits per heavy atom. The Hall–Kier alpha value is -1.10. The average Bonchev–Trinajstić information content (AvgIpc) is 3.12. The first kappa shape index (κ1) is 13.3. The van der Waals surface area contributed by atoms with Crippen LogP contribution in [0.3, 0.4) is 0 Å². The maximum Gasteiger partial charge on any atom is 0.225 e. The van der Waals surface area contributed by atoms with Crippen molar-refractivity contribution in [1.29, 1.82) is 0 Å². The molecule has 0 spiro atoms. The molecule has 5 nitrogen and oxygen atoms in total. The Morgan fingerprint density at radius 3 is 2.89 bits per heavy atom. The maximum atomic E-state index is 11.9. The first-order valence-corrected chi connectivity index (χ1v) is 6.87. The fourth-order valence-corrected chi connectivity index (χ4v) is 2.36. The summed E-state index contributed by atoms with van der Waals surface area (Å²) < 4.78 is 0. The van der Waals surface area contributed by atoms with Crippen LogP contribution in [0.15, 0.2) is 0 Å². The topological polar surface area (TPSA) is 69.6 Å². The lowest BCUT2D eigenvalue weighted by atomic mass is 10.1. The molecule has 18 heavy (non-hydrogen) atoms. The highest BCUT2D eigenvalue weighted by Gasteiger charge is 2.41. The number of hydrogen-bond acceptors (Lipinski definition) is 3. The van der Waals surface area contributed by atoms with Crippen molar-refractivity contribution in [2.45, 2.75) is 51.2 Å². The van der Waals surface area contributed by atoms with Crippen molar-refractivity contribution in [1.82, 2.24) is 10.2 Å². The van der Waals surface area contributed by atoms with E-state index in [4.69, 9.17) is 0 Å². The molecule has 0 bridgehead atoms. The lowest BCUT2D eigenvalue weighted by Gasteiger charge is -2.15. The summed E-state index contributed by atoms with van der Waals surface area (Å²) in [5.74, 6) is -0.127. The lowest BCUT2D eigenvalue weighted by Crippen LogP contribution is -2.35. The lowest BCUT2D eigenvalue weighted by molar-refractivity contribution is -0.129. The predicted octanol–water partition coefficient (Wildman–Crippen LogP) is 0.274. The minimum absolute atomic E-state index is 0.0465. The molecule has 1 saturated carbocycles. The van der Waals surface area contributed by atoms with Crippen LogP contribution in [0, 0.1) is 5.92 Å². The molecule has 2 N–H and O–H groups in total. The molecule has 0 radical (unpaired) electrons. The highest BCUT2D eigenvalue weighted by atomic mass is 16.3. The summed E-state index contributed by atoms with van der Waals surface area (Å²) in [5, 5.41) is 12.2. The van der Waals surface area contributed by atoms with Gasteiger partial charge in [0.15, 0.2) is 0 Å². The molecule has 2 rings (SSSR count). The summed E-state index contributed by atoms with van der Waals surface area (Å²) >= 11 is 0. The van der Waals surface area contributed by atoms with Crippen molar-refractivity contribution in [2.24, 2.45) is 5.92 Å². The molecule has 1 aliphatic heterocycles. The van der Waals surface area contributed by atoms with Gasteiger partial charge in [0, 0.05) is 25.6 Å². The number of aliphatic hydroxyl groups is 1. The third-order valence-corrected chi connectivity index (χ3v) is 3.76. The summed E-state index contributed by atoms with van der Waals surface area (Å²) in [7, 11) is 0. The van der Waals surface area contributed by atoms with Gasteiger partial charge in [0.2, 0.25) is 11.8 Å². The third kappa shape index (κ3) is 3.22. The van der Waals surface area contributed by atoms with E-state index in [0.717, 1.165) is 12.8 Å². The number of nitrogens with zero attached hydrogens (tertiary/aromatic N) is 1. The molecule has 2 unspecified atom stereocenters. The molecular formula is C13H22N2O3. The Bertz CT molecular complexity index is 328. The van der Waals surface area contributed by atoms with Gasteiger partial charge in [-0.05, 0) is 25.7 Å². The Morgan fingerprint density at radius 2 is 2.28 bits per heavy atom. The number of nitrogens with one attached hydrogen (secondary N) is 1. The molecule has 0 aromatic rings. The maximum absolute atomic E-state index is 11.9. The van der Waals surface area contributed by atoms with Gasteiger partial charge in [0.1, 0.15) is 0 Å². The largest absolute Gasteiger partial charge is 0.393 e. The number of carbonyl (C=O) groups excluding carboxylic acids is 2. The number of likely N-dealkylation sites (tertiary alicyclic amines) is 1. The second kappa shape index (κ2) is 5.69. The van der Waals surface area contributed by atoms with Crippen LogP contribution in [0.5, 0.6) is 0 Å².